The summed E-state index contributed by atoms with van der Waals surface area (Å²) in [6, 6.07) is 15.3. The number of halogens is 3. The maximum Gasteiger partial charge on any atom is 0.416 e. The van der Waals surface area contributed by atoms with Crippen molar-refractivity contribution in [1.82, 2.24) is 10.2 Å². The van der Waals surface area contributed by atoms with Crippen LogP contribution in [0.4, 0.5) is 13.2 Å². The van der Waals surface area contributed by atoms with Crippen molar-refractivity contribution in [2.24, 2.45) is 11.8 Å². The van der Waals surface area contributed by atoms with E-state index in [1.54, 1.807) is 6.07 Å². The summed E-state index contributed by atoms with van der Waals surface area (Å²) in [5.74, 6) is 0.618. The number of fused-ring (bicyclic) bond motifs is 1. The van der Waals surface area contributed by atoms with Gasteiger partial charge in [-0.3, -0.25) is 9.69 Å². The van der Waals surface area contributed by atoms with Crippen molar-refractivity contribution in [3.05, 3.63) is 71.3 Å². The van der Waals surface area contributed by atoms with Gasteiger partial charge in [-0.05, 0) is 36.1 Å². The molecule has 0 saturated carbocycles. The topological polar surface area (TPSA) is 41.6 Å². The van der Waals surface area contributed by atoms with Gasteiger partial charge < -0.3 is 10.1 Å². The minimum absolute atomic E-state index is 0.0131. The van der Waals surface area contributed by atoms with Crippen LogP contribution in [0.3, 0.4) is 0 Å². The van der Waals surface area contributed by atoms with Crippen LogP contribution in [0.25, 0.3) is 0 Å². The second kappa shape index (κ2) is 9.40. The van der Waals surface area contributed by atoms with Crippen LogP contribution in [0.5, 0.6) is 0 Å². The number of hydrogen-bond donors (Lipinski definition) is 1. The number of alkyl halides is 3. The van der Waals surface area contributed by atoms with Gasteiger partial charge in [0.05, 0.1) is 24.7 Å². The predicted octanol–water partition coefficient (Wildman–Crippen LogP) is 4.25. The minimum Gasteiger partial charge on any atom is -0.377 e. The molecule has 2 aliphatic heterocycles. The van der Waals surface area contributed by atoms with Crippen LogP contribution in [-0.4, -0.2) is 36.6 Å². The average molecular weight is 432 g/mol. The quantitative estimate of drug-likeness (QED) is 0.742. The normalized spacial score (nSPS) is 24.0. The molecular weight excluding hydrogens is 405 g/mol. The van der Waals surface area contributed by atoms with Crippen LogP contribution < -0.4 is 5.32 Å². The molecule has 4 rings (SSSR count). The zero-order chi connectivity index (χ0) is 21.8. The number of piperidine rings is 1. The number of likely N-dealkylation sites (tertiary alicyclic amines) is 1. The highest BCUT2D eigenvalue weighted by Crippen LogP contribution is 2.36. The highest BCUT2D eigenvalue weighted by atomic mass is 19.4. The predicted molar refractivity (Wildman–Crippen MR) is 111 cm³/mol. The summed E-state index contributed by atoms with van der Waals surface area (Å²) < 4.78 is 44.8. The largest absolute Gasteiger partial charge is 0.416 e. The van der Waals surface area contributed by atoms with Gasteiger partial charge >= 0.3 is 6.18 Å². The molecule has 4 nitrogen and oxygen atoms in total. The first kappa shape index (κ1) is 21.8. The second-order valence-corrected chi connectivity index (χ2v) is 8.48. The molecule has 2 aromatic rings. The Morgan fingerprint density at radius 1 is 1.10 bits per heavy atom. The van der Waals surface area contributed by atoms with Crippen LogP contribution in [0, 0.1) is 11.8 Å². The molecule has 1 N–H and O–H groups in total. The van der Waals surface area contributed by atoms with Crippen molar-refractivity contribution >= 4 is 5.91 Å². The van der Waals surface area contributed by atoms with Crippen LogP contribution in [0.1, 0.15) is 29.5 Å². The van der Waals surface area contributed by atoms with Crippen molar-refractivity contribution in [2.75, 3.05) is 19.7 Å². The molecule has 7 heteroatoms. The van der Waals surface area contributed by atoms with Gasteiger partial charge in [-0.15, -0.1) is 0 Å². The number of nitrogens with zero attached hydrogens (tertiary/aromatic N) is 1. The molecule has 0 aromatic heterocycles. The number of carbonyl (C=O) groups is 1. The van der Waals surface area contributed by atoms with E-state index in [9.17, 15) is 18.0 Å². The summed E-state index contributed by atoms with van der Waals surface area (Å²) in [6.45, 7) is 3.17. The van der Waals surface area contributed by atoms with Crippen LogP contribution >= 0.6 is 0 Å². The Morgan fingerprint density at radius 2 is 1.87 bits per heavy atom. The Hall–Kier alpha value is -2.38. The maximum absolute atomic E-state index is 13.0. The zero-order valence-electron chi connectivity index (χ0n) is 17.3. The highest BCUT2D eigenvalue weighted by Gasteiger charge is 2.41. The summed E-state index contributed by atoms with van der Waals surface area (Å²) in [7, 11) is 0. The first-order chi connectivity index (χ1) is 14.9. The molecule has 0 radical (unpaired) electrons. The van der Waals surface area contributed by atoms with E-state index in [1.807, 2.05) is 30.3 Å². The van der Waals surface area contributed by atoms with Gasteiger partial charge in [-0.25, -0.2) is 0 Å². The number of carbonyl (C=O) groups excluding carboxylic acids is 1. The van der Waals surface area contributed by atoms with Crippen molar-refractivity contribution in [3.63, 3.8) is 0 Å². The summed E-state index contributed by atoms with van der Waals surface area (Å²) >= 11 is 0. The lowest BCUT2D eigenvalue weighted by molar-refractivity contribution is -0.137. The summed E-state index contributed by atoms with van der Waals surface area (Å²) in [6.07, 6.45) is -3.17. The Balaban J connectivity index is 1.27. The summed E-state index contributed by atoms with van der Waals surface area (Å²) in [5, 5.41) is 2.96. The number of benzene rings is 2. The SMILES string of the molecule is O=C(C[C@@H]1OC[C@H]2CN(Cc3cccc(C(F)(F)F)c3)CC[C@H]21)NCc1ccccc1. The summed E-state index contributed by atoms with van der Waals surface area (Å²) in [4.78, 5) is 14.6. The van der Waals surface area contributed by atoms with Gasteiger partial charge in [0.1, 0.15) is 0 Å². The molecule has 2 aliphatic rings. The Morgan fingerprint density at radius 3 is 2.65 bits per heavy atom. The lowest BCUT2D eigenvalue weighted by Gasteiger charge is -2.35. The van der Waals surface area contributed by atoms with E-state index in [-0.39, 0.29) is 12.0 Å². The Labute approximate surface area is 180 Å². The number of rotatable bonds is 6. The van der Waals surface area contributed by atoms with E-state index in [0.29, 0.717) is 43.5 Å². The van der Waals surface area contributed by atoms with Crippen molar-refractivity contribution in [1.29, 1.82) is 0 Å². The smallest absolute Gasteiger partial charge is 0.377 e. The first-order valence-electron chi connectivity index (χ1n) is 10.7. The van der Waals surface area contributed by atoms with Gasteiger partial charge in [-0.2, -0.15) is 13.2 Å². The van der Waals surface area contributed by atoms with E-state index < -0.39 is 11.7 Å². The Kier molecular flexibility index (Phi) is 6.62. The molecule has 1 amide bonds. The van der Waals surface area contributed by atoms with E-state index in [4.69, 9.17) is 4.74 Å². The molecule has 2 heterocycles. The Bertz CT molecular complexity index is 888. The van der Waals surface area contributed by atoms with Crippen LogP contribution in [0.2, 0.25) is 0 Å². The van der Waals surface area contributed by atoms with Gasteiger partial charge in [0.2, 0.25) is 5.91 Å². The fourth-order valence-electron chi connectivity index (χ4n) is 4.67. The lowest BCUT2D eigenvalue weighted by atomic mass is 9.83. The van der Waals surface area contributed by atoms with E-state index >= 15 is 0 Å². The molecule has 0 bridgehead atoms. The first-order valence-corrected chi connectivity index (χ1v) is 10.7. The lowest BCUT2D eigenvalue weighted by Crippen LogP contribution is -2.41. The summed E-state index contributed by atoms with van der Waals surface area (Å²) in [5.41, 5.74) is 1.12. The molecule has 2 aromatic carbocycles. The molecular formula is C24H27F3N2O2. The number of hydrogen-bond acceptors (Lipinski definition) is 3. The molecule has 0 spiro atoms. The number of ether oxygens (including phenoxy) is 1. The number of nitrogens with one attached hydrogen (secondary N) is 1. The maximum atomic E-state index is 13.0. The minimum atomic E-state index is -4.32. The van der Waals surface area contributed by atoms with Crippen molar-refractivity contribution < 1.29 is 22.7 Å². The van der Waals surface area contributed by atoms with Crippen molar-refractivity contribution in [3.8, 4) is 0 Å². The fraction of sp³-hybridized carbons (Fsp3) is 0.458. The van der Waals surface area contributed by atoms with Gasteiger partial charge in [0.15, 0.2) is 0 Å². The monoisotopic (exact) mass is 432 g/mol. The van der Waals surface area contributed by atoms with Gasteiger partial charge in [0.25, 0.3) is 0 Å². The third-order valence-corrected chi connectivity index (χ3v) is 6.26. The van der Waals surface area contributed by atoms with E-state index in [2.05, 4.69) is 10.2 Å². The molecule has 2 saturated heterocycles. The third-order valence-electron chi connectivity index (χ3n) is 6.26. The van der Waals surface area contributed by atoms with Crippen molar-refractivity contribution in [2.45, 2.75) is 38.2 Å². The number of amides is 1. The second-order valence-electron chi connectivity index (χ2n) is 8.48. The van der Waals surface area contributed by atoms with Crippen LogP contribution in [-0.2, 0) is 28.8 Å². The van der Waals surface area contributed by atoms with Crippen LogP contribution in [0.15, 0.2) is 54.6 Å². The molecule has 166 valence electrons. The molecule has 31 heavy (non-hydrogen) atoms. The molecule has 0 unspecified atom stereocenters. The average Bonchev–Trinajstić information content (AvgIpc) is 3.14. The van der Waals surface area contributed by atoms with Gasteiger partial charge in [-0.1, -0.05) is 48.5 Å². The zero-order valence-corrected chi connectivity index (χ0v) is 17.3. The van der Waals surface area contributed by atoms with Gasteiger partial charge in [0, 0.05) is 25.6 Å². The highest BCUT2D eigenvalue weighted by molar-refractivity contribution is 5.76. The van der Waals surface area contributed by atoms with E-state index in [1.165, 1.54) is 12.1 Å². The standard InChI is InChI=1S/C24H27F3N2O2/c25-24(26,27)20-8-4-7-18(11-20)14-29-10-9-21-19(15-29)16-31-22(21)12-23(30)28-13-17-5-2-1-3-6-17/h1-8,11,19,21-22H,9-10,12-16H2,(H,28,30)/t19-,21-,22+/m1/s1. The third kappa shape index (κ3) is 5.66. The molecule has 3 atom stereocenters. The molecule has 0 aliphatic carbocycles. The molecule has 2 fully saturated rings. The fourth-order valence-corrected chi connectivity index (χ4v) is 4.67. The van der Waals surface area contributed by atoms with E-state index in [0.717, 1.165) is 31.1 Å².